The van der Waals surface area contributed by atoms with Crippen LogP contribution in [0.2, 0.25) is 0 Å². The molecule has 1 aliphatic heterocycles. The highest BCUT2D eigenvalue weighted by Crippen LogP contribution is 2.35. The summed E-state index contributed by atoms with van der Waals surface area (Å²) < 4.78 is 12.9. The highest BCUT2D eigenvalue weighted by atomic mass is 19.1. The number of hydrogen-bond acceptors (Lipinski definition) is 2. The van der Waals surface area contributed by atoms with Crippen molar-refractivity contribution in [3.63, 3.8) is 0 Å². The molecule has 0 amide bonds. The van der Waals surface area contributed by atoms with Crippen molar-refractivity contribution in [2.24, 2.45) is 5.41 Å². The van der Waals surface area contributed by atoms with Gasteiger partial charge in [0.25, 0.3) is 0 Å². The molecule has 0 aromatic heterocycles. The Balaban J connectivity index is 2.08. The van der Waals surface area contributed by atoms with Gasteiger partial charge in [-0.05, 0) is 55.3 Å². The van der Waals surface area contributed by atoms with Gasteiger partial charge in [-0.1, -0.05) is 12.1 Å². The van der Waals surface area contributed by atoms with Gasteiger partial charge in [0.1, 0.15) is 5.82 Å². The second kappa shape index (κ2) is 6.15. The lowest BCUT2D eigenvalue weighted by atomic mass is 9.72. The summed E-state index contributed by atoms with van der Waals surface area (Å²) in [7, 11) is 0. The minimum atomic E-state index is -0.746. The van der Waals surface area contributed by atoms with E-state index >= 15 is 0 Å². The molecule has 4 heteroatoms. The molecule has 1 atom stereocenters. The quantitative estimate of drug-likeness (QED) is 0.860. The molecule has 1 fully saturated rings. The first-order valence-electron chi connectivity index (χ1n) is 6.77. The zero-order chi connectivity index (χ0) is 13.7. The molecule has 104 valence electrons. The van der Waals surface area contributed by atoms with E-state index in [-0.39, 0.29) is 17.7 Å². The van der Waals surface area contributed by atoms with E-state index in [1.807, 2.05) is 0 Å². The Morgan fingerprint density at radius 2 is 2.11 bits per heavy atom. The first-order valence-corrected chi connectivity index (χ1v) is 6.77. The molecule has 2 rings (SSSR count). The van der Waals surface area contributed by atoms with E-state index in [4.69, 9.17) is 5.11 Å². The van der Waals surface area contributed by atoms with Crippen LogP contribution in [0.5, 0.6) is 0 Å². The second-order valence-corrected chi connectivity index (χ2v) is 5.48. The third-order valence-corrected chi connectivity index (χ3v) is 3.92. The lowest BCUT2D eigenvalue weighted by molar-refractivity contribution is -0.137. The number of halogens is 1. The van der Waals surface area contributed by atoms with Crippen LogP contribution >= 0.6 is 0 Å². The van der Waals surface area contributed by atoms with Crippen LogP contribution in [0.4, 0.5) is 4.39 Å². The van der Waals surface area contributed by atoms with E-state index in [0.29, 0.717) is 6.42 Å². The molecule has 1 unspecified atom stereocenters. The van der Waals surface area contributed by atoms with Crippen molar-refractivity contribution in [2.75, 3.05) is 13.1 Å². The monoisotopic (exact) mass is 265 g/mol. The Kier molecular flexibility index (Phi) is 4.53. The van der Waals surface area contributed by atoms with Gasteiger partial charge < -0.3 is 10.4 Å². The Bertz CT molecular complexity index is 424. The average Bonchev–Trinajstić information content (AvgIpc) is 2.41. The molecule has 1 aromatic rings. The average molecular weight is 265 g/mol. The zero-order valence-electron chi connectivity index (χ0n) is 11.0. The summed E-state index contributed by atoms with van der Waals surface area (Å²) >= 11 is 0. The number of aliphatic carboxylic acids is 1. The van der Waals surface area contributed by atoms with Crippen molar-refractivity contribution >= 4 is 5.97 Å². The van der Waals surface area contributed by atoms with Crippen LogP contribution < -0.4 is 5.32 Å². The standard InChI is InChI=1S/C15H20FNO2/c16-13-4-2-12(3-5-13)10-15(8-6-14(18)19)7-1-9-17-11-15/h2-5,17H,1,6-11H2,(H,18,19). The van der Waals surface area contributed by atoms with Crippen molar-refractivity contribution in [3.05, 3.63) is 35.6 Å². The molecule has 2 N–H and O–H groups in total. The van der Waals surface area contributed by atoms with Crippen molar-refractivity contribution < 1.29 is 14.3 Å². The smallest absolute Gasteiger partial charge is 0.303 e. The summed E-state index contributed by atoms with van der Waals surface area (Å²) in [6.07, 6.45) is 3.79. The molecular formula is C15H20FNO2. The number of carboxylic acid groups (broad SMARTS) is 1. The number of nitrogens with one attached hydrogen (secondary N) is 1. The summed E-state index contributed by atoms with van der Waals surface area (Å²) in [4.78, 5) is 10.8. The summed E-state index contributed by atoms with van der Waals surface area (Å²) in [5.41, 5.74) is 1.07. The fourth-order valence-corrected chi connectivity index (χ4v) is 2.89. The second-order valence-electron chi connectivity index (χ2n) is 5.48. The van der Waals surface area contributed by atoms with Gasteiger partial charge in [0.05, 0.1) is 0 Å². The molecule has 0 aliphatic carbocycles. The van der Waals surface area contributed by atoms with Gasteiger partial charge in [0.15, 0.2) is 0 Å². The molecule has 1 aromatic carbocycles. The molecule has 19 heavy (non-hydrogen) atoms. The Hall–Kier alpha value is -1.42. The summed E-state index contributed by atoms with van der Waals surface area (Å²) in [5.74, 6) is -0.978. The van der Waals surface area contributed by atoms with E-state index in [2.05, 4.69) is 5.32 Å². The molecule has 1 aliphatic rings. The van der Waals surface area contributed by atoms with E-state index in [0.717, 1.165) is 37.9 Å². The molecular weight excluding hydrogens is 245 g/mol. The first-order chi connectivity index (χ1) is 9.10. The fourth-order valence-electron chi connectivity index (χ4n) is 2.89. The molecule has 1 heterocycles. The fraction of sp³-hybridized carbons (Fsp3) is 0.533. The number of hydrogen-bond donors (Lipinski definition) is 2. The van der Waals surface area contributed by atoms with Gasteiger partial charge in [-0.15, -0.1) is 0 Å². The number of benzene rings is 1. The van der Waals surface area contributed by atoms with Gasteiger partial charge in [0.2, 0.25) is 0 Å². The number of carboxylic acids is 1. The van der Waals surface area contributed by atoms with Crippen molar-refractivity contribution in [1.29, 1.82) is 0 Å². The van der Waals surface area contributed by atoms with Crippen LogP contribution in [0.15, 0.2) is 24.3 Å². The van der Waals surface area contributed by atoms with Crippen molar-refractivity contribution in [1.82, 2.24) is 5.32 Å². The van der Waals surface area contributed by atoms with E-state index < -0.39 is 5.97 Å². The summed E-state index contributed by atoms with van der Waals surface area (Å²) in [5, 5.41) is 12.3. The molecule has 0 radical (unpaired) electrons. The topological polar surface area (TPSA) is 49.3 Å². The minimum Gasteiger partial charge on any atom is -0.481 e. The third-order valence-electron chi connectivity index (χ3n) is 3.92. The Morgan fingerprint density at radius 3 is 2.68 bits per heavy atom. The normalized spacial score (nSPS) is 23.2. The van der Waals surface area contributed by atoms with Crippen molar-refractivity contribution in [2.45, 2.75) is 32.1 Å². The first kappa shape index (κ1) is 14.0. The minimum absolute atomic E-state index is 0.00549. The zero-order valence-corrected chi connectivity index (χ0v) is 11.0. The highest BCUT2D eigenvalue weighted by Gasteiger charge is 2.32. The number of piperidine rings is 1. The van der Waals surface area contributed by atoms with Crippen LogP contribution in [0, 0.1) is 11.2 Å². The van der Waals surface area contributed by atoms with Gasteiger partial charge in [-0.3, -0.25) is 4.79 Å². The molecule has 3 nitrogen and oxygen atoms in total. The molecule has 0 bridgehead atoms. The maximum absolute atomic E-state index is 12.9. The molecule has 0 saturated carbocycles. The summed E-state index contributed by atoms with van der Waals surface area (Å²) in [6.45, 7) is 1.84. The lowest BCUT2D eigenvalue weighted by Gasteiger charge is -2.38. The van der Waals surface area contributed by atoms with E-state index in [1.165, 1.54) is 12.1 Å². The van der Waals surface area contributed by atoms with Crippen molar-refractivity contribution in [3.8, 4) is 0 Å². The van der Waals surface area contributed by atoms with E-state index in [1.54, 1.807) is 12.1 Å². The van der Waals surface area contributed by atoms with Gasteiger partial charge in [0, 0.05) is 13.0 Å². The van der Waals surface area contributed by atoms with Crippen LogP contribution in [0.3, 0.4) is 0 Å². The van der Waals surface area contributed by atoms with Gasteiger partial charge in [-0.25, -0.2) is 4.39 Å². The van der Waals surface area contributed by atoms with Gasteiger partial charge >= 0.3 is 5.97 Å². The number of carbonyl (C=O) groups is 1. The Morgan fingerprint density at radius 1 is 1.37 bits per heavy atom. The largest absolute Gasteiger partial charge is 0.481 e. The summed E-state index contributed by atoms with van der Waals surface area (Å²) in [6, 6.07) is 6.53. The Labute approximate surface area is 112 Å². The number of rotatable bonds is 5. The predicted octanol–water partition coefficient (Wildman–Crippen LogP) is 2.60. The highest BCUT2D eigenvalue weighted by molar-refractivity contribution is 5.66. The van der Waals surface area contributed by atoms with Crippen LogP contribution in [-0.2, 0) is 11.2 Å². The van der Waals surface area contributed by atoms with Crippen LogP contribution in [0.1, 0.15) is 31.2 Å². The third kappa shape index (κ3) is 4.03. The molecule has 1 saturated heterocycles. The SMILES string of the molecule is O=C(O)CCC1(Cc2ccc(F)cc2)CCCNC1. The predicted molar refractivity (Wildman–Crippen MR) is 71.5 cm³/mol. The lowest BCUT2D eigenvalue weighted by Crippen LogP contribution is -2.41. The molecule has 0 spiro atoms. The van der Waals surface area contributed by atoms with Crippen LogP contribution in [0.25, 0.3) is 0 Å². The maximum Gasteiger partial charge on any atom is 0.303 e. The van der Waals surface area contributed by atoms with Crippen LogP contribution in [-0.4, -0.2) is 24.2 Å². The van der Waals surface area contributed by atoms with E-state index in [9.17, 15) is 9.18 Å². The van der Waals surface area contributed by atoms with Gasteiger partial charge in [-0.2, -0.15) is 0 Å². The maximum atomic E-state index is 12.9.